The fraction of sp³-hybridized carbons (Fsp3) is 0.857. The first-order valence-corrected chi connectivity index (χ1v) is 7.27. The molecule has 0 heterocycles. The van der Waals surface area contributed by atoms with Crippen molar-refractivity contribution in [3.8, 4) is 0 Å². The number of urea groups is 1. The molecule has 0 saturated heterocycles. The highest BCUT2D eigenvalue weighted by Crippen LogP contribution is 2.05. The second-order valence-corrected chi connectivity index (χ2v) is 5.01. The predicted octanol–water partition coefficient (Wildman–Crippen LogP) is 2.09. The van der Waals surface area contributed by atoms with Gasteiger partial charge in [0.05, 0.1) is 6.61 Å². The number of carbonyl (C=O) groups excluding carboxylic acids is 1. The monoisotopic (exact) mass is 288 g/mol. The van der Waals surface area contributed by atoms with Crippen LogP contribution in [0.15, 0.2) is 0 Å². The van der Waals surface area contributed by atoms with Crippen molar-refractivity contribution < 1.29 is 19.4 Å². The van der Waals surface area contributed by atoms with Crippen LogP contribution in [0.5, 0.6) is 0 Å². The second kappa shape index (κ2) is 11.5. The molecule has 0 aliphatic heterocycles. The van der Waals surface area contributed by atoms with Crippen molar-refractivity contribution in [1.82, 2.24) is 10.2 Å². The molecule has 2 amide bonds. The van der Waals surface area contributed by atoms with Crippen LogP contribution in [-0.4, -0.2) is 54.9 Å². The molecule has 0 aliphatic rings. The van der Waals surface area contributed by atoms with Gasteiger partial charge in [0, 0.05) is 19.7 Å². The maximum atomic E-state index is 12.0. The smallest absolute Gasteiger partial charge is 0.323 e. The fourth-order valence-electron chi connectivity index (χ4n) is 1.87. The molecule has 0 aromatic rings. The molecule has 6 heteroatoms. The molecule has 0 fully saturated rings. The molecule has 118 valence electrons. The lowest BCUT2D eigenvalue weighted by molar-refractivity contribution is -0.137. The third-order valence-corrected chi connectivity index (χ3v) is 3.04. The maximum absolute atomic E-state index is 12.0. The van der Waals surface area contributed by atoms with E-state index in [2.05, 4.69) is 12.2 Å². The van der Waals surface area contributed by atoms with Gasteiger partial charge in [0.1, 0.15) is 6.54 Å². The molecular weight excluding hydrogens is 260 g/mol. The van der Waals surface area contributed by atoms with Gasteiger partial charge in [-0.15, -0.1) is 0 Å². The average Bonchev–Trinajstić information content (AvgIpc) is 2.39. The van der Waals surface area contributed by atoms with Crippen LogP contribution < -0.4 is 5.32 Å². The molecule has 0 spiro atoms. The number of ether oxygens (including phenoxy) is 1. The van der Waals surface area contributed by atoms with Crippen molar-refractivity contribution in [1.29, 1.82) is 0 Å². The number of nitrogens with one attached hydrogen (secondary N) is 1. The Kier molecular flexibility index (Phi) is 10.8. The fourth-order valence-corrected chi connectivity index (χ4v) is 1.87. The summed E-state index contributed by atoms with van der Waals surface area (Å²) in [5.41, 5.74) is 0. The number of hydrogen-bond donors (Lipinski definition) is 2. The third-order valence-electron chi connectivity index (χ3n) is 3.04. The van der Waals surface area contributed by atoms with E-state index in [0.717, 1.165) is 12.8 Å². The first-order valence-electron chi connectivity index (χ1n) is 7.27. The number of carboxylic acids is 1. The van der Waals surface area contributed by atoms with Crippen molar-refractivity contribution in [3.05, 3.63) is 0 Å². The van der Waals surface area contributed by atoms with Crippen LogP contribution in [0.3, 0.4) is 0 Å². The van der Waals surface area contributed by atoms with Gasteiger partial charge in [-0.05, 0) is 13.3 Å². The highest BCUT2D eigenvalue weighted by molar-refractivity contribution is 5.80. The summed E-state index contributed by atoms with van der Waals surface area (Å²) in [6, 6.07) is -0.286. The van der Waals surface area contributed by atoms with Crippen LogP contribution in [0.2, 0.25) is 0 Å². The number of unbranched alkanes of at least 4 members (excludes halogenated alkanes) is 3. The van der Waals surface area contributed by atoms with Crippen molar-refractivity contribution in [2.24, 2.45) is 0 Å². The van der Waals surface area contributed by atoms with E-state index in [4.69, 9.17) is 9.84 Å². The van der Waals surface area contributed by atoms with Crippen molar-refractivity contribution >= 4 is 12.0 Å². The molecule has 20 heavy (non-hydrogen) atoms. The molecule has 0 rings (SSSR count). The molecular formula is C14H28N2O4. The Hall–Kier alpha value is -1.30. The zero-order valence-electron chi connectivity index (χ0n) is 12.9. The summed E-state index contributed by atoms with van der Waals surface area (Å²) in [5.74, 6) is -1.02. The molecule has 2 N–H and O–H groups in total. The number of nitrogens with zero attached hydrogens (tertiary/aromatic N) is 1. The summed E-state index contributed by atoms with van der Waals surface area (Å²) >= 11 is 0. The molecule has 6 nitrogen and oxygen atoms in total. The summed E-state index contributed by atoms with van der Waals surface area (Å²) in [5, 5.41) is 11.6. The van der Waals surface area contributed by atoms with E-state index >= 15 is 0 Å². The third kappa shape index (κ3) is 9.61. The van der Waals surface area contributed by atoms with Gasteiger partial charge in [-0.2, -0.15) is 0 Å². The summed E-state index contributed by atoms with van der Waals surface area (Å²) in [4.78, 5) is 24.0. The van der Waals surface area contributed by atoms with Crippen molar-refractivity contribution in [2.45, 2.75) is 52.0 Å². The summed E-state index contributed by atoms with van der Waals surface area (Å²) < 4.78 is 4.89. The van der Waals surface area contributed by atoms with Crippen LogP contribution in [0.4, 0.5) is 4.79 Å². The Morgan fingerprint density at radius 2 is 2.00 bits per heavy atom. The van der Waals surface area contributed by atoms with Gasteiger partial charge in [-0.25, -0.2) is 4.79 Å². The molecule has 0 aliphatic carbocycles. The van der Waals surface area contributed by atoms with Crippen LogP contribution in [0.1, 0.15) is 46.0 Å². The number of aliphatic carboxylic acids is 1. The van der Waals surface area contributed by atoms with Crippen LogP contribution in [0, 0.1) is 0 Å². The second-order valence-electron chi connectivity index (χ2n) is 5.01. The van der Waals surface area contributed by atoms with Gasteiger partial charge in [-0.1, -0.05) is 32.6 Å². The van der Waals surface area contributed by atoms with Crippen molar-refractivity contribution in [3.63, 3.8) is 0 Å². The van der Waals surface area contributed by atoms with Gasteiger partial charge >= 0.3 is 12.0 Å². The van der Waals surface area contributed by atoms with Crippen molar-refractivity contribution in [2.75, 3.05) is 26.8 Å². The van der Waals surface area contributed by atoms with E-state index in [0.29, 0.717) is 6.61 Å². The van der Waals surface area contributed by atoms with E-state index in [9.17, 15) is 9.59 Å². The summed E-state index contributed by atoms with van der Waals surface area (Å²) in [7, 11) is 1.52. The minimum absolute atomic E-state index is 0.0539. The molecule has 0 aromatic heterocycles. The topological polar surface area (TPSA) is 78.9 Å². The van der Waals surface area contributed by atoms with Gasteiger partial charge in [0.2, 0.25) is 0 Å². The molecule has 1 atom stereocenters. The lowest BCUT2D eigenvalue weighted by Crippen LogP contribution is -2.47. The van der Waals surface area contributed by atoms with Crippen LogP contribution >= 0.6 is 0 Å². The number of carboxylic acid groups (broad SMARTS) is 1. The minimum atomic E-state index is -1.02. The number of methoxy groups -OCH3 is 1. The Morgan fingerprint density at radius 1 is 1.30 bits per heavy atom. The number of rotatable bonds is 11. The SMILES string of the molecule is CCCCCCC(C)NC(=O)N(CCOC)CC(=O)O. The quantitative estimate of drug-likeness (QED) is 0.571. The molecule has 1 unspecified atom stereocenters. The first-order chi connectivity index (χ1) is 9.51. The first kappa shape index (κ1) is 18.7. The summed E-state index contributed by atoms with van der Waals surface area (Å²) in [6.07, 6.45) is 5.55. The molecule has 0 saturated carbocycles. The minimum Gasteiger partial charge on any atom is -0.480 e. The average molecular weight is 288 g/mol. The zero-order valence-corrected chi connectivity index (χ0v) is 12.9. The van der Waals surface area contributed by atoms with E-state index in [1.54, 1.807) is 0 Å². The van der Waals surface area contributed by atoms with E-state index in [1.165, 1.54) is 31.3 Å². The lowest BCUT2D eigenvalue weighted by atomic mass is 10.1. The highest BCUT2D eigenvalue weighted by atomic mass is 16.5. The Bertz CT molecular complexity index is 284. The predicted molar refractivity (Wildman–Crippen MR) is 77.8 cm³/mol. The molecule has 0 aromatic carbocycles. The molecule has 0 radical (unpaired) electrons. The van der Waals surface area contributed by atoms with E-state index < -0.39 is 5.97 Å². The van der Waals surface area contributed by atoms with Gasteiger partial charge < -0.3 is 20.1 Å². The van der Waals surface area contributed by atoms with Crippen LogP contribution in [0.25, 0.3) is 0 Å². The van der Waals surface area contributed by atoms with Gasteiger partial charge in [-0.3, -0.25) is 4.79 Å². The lowest BCUT2D eigenvalue weighted by Gasteiger charge is -2.23. The largest absolute Gasteiger partial charge is 0.480 e. The van der Waals surface area contributed by atoms with Gasteiger partial charge in [0.25, 0.3) is 0 Å². The van der Waals surface area contributed by atoms with Gasteiger partial charge in [0.15, 0.2) is 0 Å². The summed E-state index contributed by atoms with van der Waals surface area (Å²) in [6.45, 7) is 4.39. The van der Waals surface area contributed by atoms with E-state index in [-0.39, 0.29) is 25.2 Å². The zero-order chi connectivity index (χ0) is 15.4. The van der Waals surface area contributed by atoms with Crippen LogP contribution in [-0.2, 0) is 9.53 Å². The molecule has 0 bridgehead atoms. The Labute approximate surface area is 121 Å². The number of carbonyl (C=O) groups is 2. The number of hydrogen-bond acceptors (Lipinski definition) is 3. The highest BCUT2D eigenvalue weighted by Gasteiger charge is 2.17. The standard InChI is InChI=1S/C14H28N2O4/c1-4-5-6-7-8-12(2)15-14(19)16(9-10-20-3)11-13(17)18/h12H,4-11H2,1-3H3,(H,15,19)(H,17,18). The normalized spacial score (nSPS) is 11.9. The Morgan fingerprint density at radius 3 is 2.55 bits per heavy atom. The Balaban J connectivity index is 4.11. The van der Waals surface area contributed by atoms with E-state index in [1.807, 2.05) is 6.92 Å². The number of amides is 2. The maximum Gasteiger partial charge on any atom is 0.323 e.